The number of rotatable bonds is 4. The van der Waals surface area contributed by atoms with Gasteiger partial charge >= 0.3 is 5.97 Å². The van der Waals surface area contributed by atoms with Crippen LogP contribution >= 0.6 is 0 Å². The summed E-state index contributed by atoms with van der Waals surface area (Å²) in [5, 5.41) is 8.65. The van der Waals surface area contributed by atoms with E-state index in [1.807, 2.05) is 0 Å². The van der Waals surface area contributed by atoms with Crippen LogP contribution in [0, 0.1) is 5.92 Å². The Morgan fingerprint density at radius 3 is 2.67 bits per heavy atom. The van der Waals surface area contributed by atoms with Crippen molar-refractivity contribution in [2.75, 3.05) is 13.6 Å². The summed E-state index contributed by atoms with van der Waals surface area (Å²) >= 11 is 0. The maximum absolute atomic E-state index is 10.5. The number of likely N-dealkylation sites (tertiary alicyclic amines) is 1. The van der Waals surface area contributed by atoms with Crippen LogP contribution in [-0.4, -0.2) is 35.6 Å². The fourth-order valence-electron chi connectivity index (χ4n) is 1.91. The molecule has 1 aliphatic heterocycles. The second-order valence-corrected chi connectivity index (χ2v) is 3.60. The molecular weight excluding hydrogens is 154 g/mol. The number of carboxylic acids is 1. The quantitative estimate of drug-likeness (QED) is 0.690. The zero-order valence-electron chi connectivity index (χ0n) is 7.79. The average molecular weight is 171 g/mol. The maximum atomic E-state index is 10.5. The van der Waals surface area contributed by atoms with Crippen molar-refractivity contribution in [1.29, 1.82) is 0 Å². The van der Waals surface area contributed by atoms with E-state index in [2.05, 4.69) is 18.9 Å². The highest BCUT2D eigenvalue weighted by atomic mass is 16.4. The molecule has 1 aliphatic rings. The van der Waals surface area contributed by atoms with Gasteiger partial charge in [0.25, 0.3) is 0 Å². The summed E-state index contributed by atoms with van der Waals surface area (Å²) in [6, 6.07) is 0.520. The molecule has 1 rings (SSSR count). The minimum atomic E-state index is -0.665. The van der Waals surface area contributed by atoms with Crippen LogP contribution in [0.2, 0.25) is 0 Å². The largest absolute Gasteiger partial charge is 0.481 e. The standard InChI is InChI=1S/C9H17NO2/c1-3-7(6-9(11)12)8-4-5-10(8)2/h7-8H,3-6H2,1-2H3,(H,11,12). The van der Waals surface area contributed by atoms with E-state index in [-0.39, 0.29) is 0 Å². The first-order chi connectivity index (χ1) is 5.65. The molecule has 12 heavy (non-hydrogen) atoms. The van der Waals surface area contributed by atoms with Crippen LogP contribution in [0.1, 0.15) is 26.2 Å². The lowest BCUT2D eigenvalue weighted by atomic mass is 9.85. The molecule has 0 saturated carbocycles. The van der Waals surface area contributed by atoms with E-state index in [0.29, 0.717) is 18.4 Å². The van der Waals surface area contributed by atoms with Gasteiger partial charge in [-0.25, -0.2) is 0 Å². The molecule has 0 aromatic heterocycles. The van der Waals surface area contributed by atoms with Gasteiger partial charge in [-0.1, -0.05) is 13.3 Å². The van der Waals surface area contributed by atoms with Crippen LogP contribution in [0.4, 0.5) is 0 Å². The van der Waals surface area contributed by atoms with Crippen molar-refractivity contribution in [3.05, 3.63) is 0 Å². The van der Waals surface area contributed by atoms with Crippen molar-refractivity contribution < 1.29 is 9.90 Å². The molecule has 0 aromatic carbocycles. The molecule has 3 heteroatoms. The summed E-state index contributed by atoms with van der Waals surface area (Å²) in [5.41, 5.74) is 0. The van der Waals surface area contributed by atoms with Crippen molar-refractivity contribution >= 4 is 5.97 Å². The minimum absolute atomic E-state index is 0.325. The molecule has 0 bridgehead atoms. The van der Waals surface area contributed by atoms with Gasteiger partial charge in [0.2, 0.25) is 0 Å². The Morgan fingerprint density at radius 2 is 2.42 bits per heavy atom. The van der Waals surface area contributed by atoms with Crippen LogP contribution in [0.3, 0.4) is 0 Å². The van der Waals surface area contributed by atoms with Crippen LogP contribution in [0.25, 0.3) is 0 Å². The van der Waals surface area contributed by atoms with E-state index < -0.39 is 5.97 Å². The van der Waals surface area contributed by atoms with Gasteiger partial charge in [-0.15, -0.1) is 0 Å². The van der Waals surface area contributed by atoms with E-state index in [9.17, 15) is 4.79 Å². The van der Waals surface area contributed by atoms with Gasteiger partial charge < -0.3 is 10.0 Å². The van der Waals surface area contributed by atoms with E-state index in [4.69, 9.17) is 5.11 Å². The second kappa shape index (κ2) is 3.90. The normalized spacial score (nSPS) is 26.3. The molecule has 0 radical (unpaired) electrons. The van der Waals surface area contributed by atoms with Gasteiger partial charge in [0.05, 0.1) is 0 Å². The van der Waals surface area contributed by atoms with E-state index >= 15 is 0 Å². The molecular formula is C9H17NO2. The highest BCUT2D eigenvalue weighted by Gasteiger charge is 2.31. The molecule has 3 nitrogen and oxygen atoms in total. The van der Waals surface area contributed by atoms with E-state index in [0.717, 1.165) is 13.0 Å². The summed E-state index contributed by atoms with van der Waals surface area (Å²) in [6.07, 6.45) is 2.47. The fourth-order valence-corrected chi connectivity index (χ4v) is 1.91. The smallest absolute Gasteiger partial charge is 0.303 e. The molecule has 1 N–H and O–H groups in total. The third-order valence-electron chi connectivity index (χ3n) is 2.85. The van der Waals surface area contributed by atoms with E-state index in [1.54, 1.807) is 0 Å². The van der Waals surface area contributed by atoms with E-state index in [1.165, 1.54) is 6.42 Å². The minimum Gasteiger partial charge on any atom is -0.481 e. The predicted octanol–water partition coefficient (Wildman–Crippen LogP) is 1.19. The maximum Gasteiger partial charge on any atom is 0.303 e. The lowest BCUT2D eigenvalue weighted by Gasteiger charge is -2.42. The van der Waals surface area contributed by atoms with Gasteiger partial charge in [-0.3, -0.25) is 4.79 Å². The molecule has 2 atom stereocenters. The monoisotopic (exact) mass is 171 g/mol. The van der Waals surface area contributed by atoms with Crippen molar-refractivity contribution in [2.24, 2.45) is 5.92 Å². The Bertz CT molecular complexity index is 170. The third-order valence-corrected chi connectivity index (χ3v) is 2.85. The summed E-state index contributed by atoms with van der Waals surface area (Å²) in [5.74, 6) is -0.316. The summed E-state index contributed by atoms with van der Waals surface area (Å²) < 4.78 is 0. The van der Waals surface area contributed by atoms with Gasteiger partial charge in [0.15, 0.2) is 0 Å². The molecule has 0 amide bonds. The number of aliphatic carboxylic acids is 1. The number of hydrogen-bond acceptors (Lipinski definition) is 2. The van der Waals surface area contributed by atoms with Crippen molar-refractivity contribution in [1.82, 2.24) is 4.90 Å². The fraction of sp³-hybridized carbons (Fsp3) is 0.889. The van der Waals surface area contributed by atoms with Crippen LogP contribution in [0.5, 0.6) is 0 Å². The Hall–Kier alpha value is -0.570. The molecule has 1 saturated heterocycles. The average Bonchev–Trinajstić information content (AvgIpc) is 1.99. The van der Waals surface area contributed by atoms with Crippen LogP contribution < -0.4 is 0 Å². The summed E-state index contributed by atoms with van der Waals surface area (Å²) in [7, 11) is 2.07. The Kier molecular flexibility index (Phi) is 3.09. The lowest BCUT2D eigenvalue weighted by molar-refractivity contribution is -0.139. The van der Waals surface area contributed by atoms with Crippen LogP contribution in [-0.2, 0) is 4.79 Å². The first kappa shape index (κ1) is 9.52. The highest BCUT2D eigenvalue weighted by molar-refractivity contribution is 5.67. The van der Waals surface area contributed by atoms with Gasteiger partial charge in [-0.2, -0.15) is 0 Å². The highest BCUT2D eigenvalue weighted by Crippen LogP contribution is 2.27. The number of carboxylic acid groups (broad SMARTS) is 1. The third kappa shape index (κ3) is 1.97. The van der Waals surface area contributed by atoms with Crippen molar-refractivity contribution in [2.45, 2.75) is 32.2 Å². The molecule has 2 unspecified atom stereocenters. The summed E-state index contributed by atoms with van der Waals surface area (Å²) in [6.45, 7) is 3.19. The summed E-state index contributed by atoms with van der Waals surface area (Å²) in [4.78, 5) is 12.7. The SMILES string of the molecule is CCC(CC(=O)O)C1CCN1C. The van der Waals surface area contributed by atoms with Crippen molar-refractivity contribution in [3.63, 3.8) is 0 Å². The lowest BCUT2D eigenvalue weighted by Crippen LogP contribution is -2.49. The van der Waals surface area contributed by atoms with Crippen LogP contribution in [0.15, 0.2) is 0 Å². The number of carbonyl (C=O) groups is 1. The molecule has 70 valence electrons. The zero-order chi connectivity index (χ0) is 9.14. The number of hydrogen-bond donors (Lipinski definition) is 1. The number of nitrogens with zero attached hydrogens (tertiary/aromatic N) is 1. The molecule has 1 heterocycles. The predicted molar refractivity (Wildman–Crippen MR) is 47.1 cm³/mol. The van der Waals surface area contributed by atoms with Gasteiger partial charge in [0, 0.05) is 12.5 Å². The molecule has 0 aromatic rings. The zero-order valence-corrected chi connectivity index (χ0v) is 7.79. The van der Waals surface area contributed by atoms with Gasteiger partial charge in [0.1, 0.15) is 0 Å². The Morgan fingerprint density at radius 1 is 1.75 bits per heavy atom. The molecule has 0 aliphatic carbocycles. The first-order valence-corrected chi connectivity index (χ1v) is 4.57. The second-order valence-electron chi connectivity index (χ2n) is 3.60. The molecule has 1 fully saturated rings. The Labute approximate surface area is 73.4 Å². The molecule has 0 spiro atoms. The Balaban J connectivity index is 2.39. The van der Waals surface area contributed by atoms with Crippen molar-refractivity contribution in [3.8, 4) is 0 Å². The topological polar surface area (TPSA) is 40.5 Å². The first-order valence-electron chi connectivity index (χ1n) is 4.57. The van der Waals surface area contributed by atoms with Gasteiger partial charge in [-0.05, 0) is 25.9 Å².